The maximum atomic E-state index is 12.7. The van der Waals surface area contributed by atoms with Gasteiger partial charge in [-0.3, -0.25) is 4.79 Å². The third kappa shape index (κ3) is 4.40. The Morgan fingerprint density at radius 3 is 2.30 bits per heavy atom. The average Bonchev–Trinajstić information content (AvgIpc) is 3.44. The summed E-state index contributed by atoms with van der Waals surface area (Å²) in [4.78, 5) is 12.7. The molecule has 0 aromatic heterocycles. The Labute approximate surface area is 164 Å². The van der Waals surface area contributed by atoms with Gasteiger partial charge in [-0.15, -0.1) is 0 Å². The molecule has 27 heavy (non-hydrogen) atoms. The van der Waals surface area contributed by atoms with Gasteiger partial charge in [0.1, 0.15) is 17.3 Å². The zero-order chi connectivity index (χ0) is 18.7. The van der Waals surface area contributed by atoms with Crippen molar-refractivity contribution in [3.63, 3.8) is 0 Å². The van der Waals surface area contributed by atoms with Gasteiger partial charge in [0.05, 0.1) is 0 Å². The summed E-state index contributed by atoms with van der Waals surface area (Å²) in [7, 11) is 0. The van der Waals surface area contributed by atoms with Crippen molar-refractivity contribution in [2.24, 2.45) is 0 Å². The van der Waals surface area contributed by atoms with Crippen molar-refractivity contribution >= 4 is 17.4 Å². The van der Waals surface area contributed by atoms with Gasteiger partial charge in [-0.25, -0.2) is 0 Å². The molecule has 0 unspecified atom stereocenters. The number of carbonyl (C=O) groups is 1. The van der Waals surface area contributed by atoms with Crippen LogP contribution in [0.3, 0.4) is 0 Å². The number of hydrogen-bond donors (Lipinski definition) is 0. The molecule has 0 radical (unpaired) electrons. The van der Waals surface area contributed by atoms with Crippen LogP contribution in [-0.2, 0) is 16.6 Å². The second-order valence-corrected chi connectivity index (χ2v) is 7.68. The molecule has 1 fully saturated rings. The minimum atomic E-state index is 0.0137. The molecule has 3 aromatic carbocycles. The fraction of sp³-hybridized carbons (Fsp3) is 0.208. The summed E-state index contributed by atoms with van der Waals surface area (Å²) in [5.41, 5.74) is 2.22. The molecule has 0 spiro atoms. The largest absolute Gasteiger partial charge is 0.457 e. The third-order valence-electron chi connectivity index (χ3n) is 5.12. The van der Waals surface area contributed by atoms with Crippen molar-refractivity contribution in [2.75, 3.05) is 0 Å². The molecule has 3 aromatic rings. The molecule has 1 aliphatic carbocycles. The van der Waals surface area contributed by atoms with Crippen molar-refractivity contribution in [3.8, 4) is 11.5 Å². The third-order valence-corrected chi connectivity index (χ3v) is 5.38. The van der Waals surface area contributed by atoms with Crippen LogP contribution in [0, 0.1) is 0 Å². The van der Waals surface area contributed by atoms with E-state index in [1.54, 1.807) is 0 Å². The summed E-state index contributed by atoms with van der Waals surface area (Å²) in [6.45, 7) is 0. The molecule has 0 heterocycles. The number of hydrogen-bond acceptors (Lipinski definition) is 2. The maximum Gasteiger partial charge on any atom is 0.138 e. The van der Waals surface area contributed by atoms with E-state index in [9.17, 15) is 4.79 Å². The minimum absolute atomic E-state index is 0.0137. The normalized spacial score (nSPS) is 14.6. The Kier molecular flexibility index (Phi) is 5.00. The van der Waals surface area contributed by atoms with E-state index in [1.165, 1.54) is 5.56 Å². The van der Waals surface area contributed by atoms with Crippen LogP contribution < -0.4 is 4.74 Å². The second-order valence-electron chi connectivity index (χ2n) is 7.24. The van der Waals surface area contributed by atoms with Gasteiger partial charge < -0.3 is 4.74 Å². The first kappa shape index (κ1) is 17.8. The predicted molar refractivity (Wildman–Crippen MR) is 109 cm³/mol. The number of benzene rings is 3. The van der Waals surface area contributed by atoms with E-state index < -0.39 is 0 Å². The van der Waals surface area contributed by atoms with Crippen molar-refractivity contribution in [3.05, 3.63) is 95.0 Å². The van der Waals surface area contributed by atoms with Gasteiger partial charge in [0.2, 0.25) is 0 Å². The van der Waals surface area contributed by atoms with Gasteiger partial charge in [0, 0.05) is 23.3 Å². The highest BCUT2D eigenvalue weighted by atomic mass is 35.5. The van der Waals surface area contributed by atoms with Crippen molar-refractivity contribution < 1.29 is 9.53 Å². The maximum absolute atomic E-state index is 12.7. The zero-order valence-electron chi connectivity index (χ0n) is 15.0. The minimum Gasteiger partial charge on any atom is -0.457 e. The van der Waals surface area contributed by atoms with E-state index in [4.69, 9.17) is 16.3 Å². The number of rotatable bonds is 7. The Balaban J connectivity index is 1.41. The zero-order valence-corrected chi connectivity index (χ0v) is 15.8. The molecular weight excluding hydrogens is 356 g/mol. The standard InChI is InChI=1S/C24H21ClO2/c25-20-11-9-19(10-12-20)24(13-14-24)17-21(26)15-18-5-4-8-23(16-18)27-22-6-2-1-3-7-22/h1-12,16H,13-15,17H2. The topological polar surface area (TPSA) is 26.3 Å². The summed E-state index contributed by atoms with van der Waals surface area (Å²) in [6.07, 6.45) is 3.15. The lowest BCUT2D eigenvalue weighted by Gasteiger charge is -2.15. The number of para-hydroxylation sites is 1. The van der Waals surface area contributed by atoms with Gasteiger partial charge in [-0.1, -0.05) is 54.1 Å². The first-order chi connectivity index (χ1) is 13.1. The Hall–Kier alpha value is -2.58. The van der Waals surface area contributed by atoms with Gasteiger partial charge in [-0.05, 0) is 60.4 Å². The lowest BCUT2D eigenvalue weighted by Crippen LogP contribution is -2.15. The van der Waals surface area contributed by atoms with E-state index in [0.717, 1.165) is 34.9 Å². The molecule has 136 valence electrons. The molecule has 3 heteroatoms. The number of Topliss-reactive ketones (excluding diaryl/α,β-unsaturated/α-hetero) is 1. The van der Waals surface area contributed by atoms with E-state index in [0.29, 0.717) is 12.8 Å². The van der Waals surface area contributed by atoms with Crippen LogP contribution in [0.4, 0.5) is 0 Å². The highest BCUT2D eigenvalue weighted by Crippen LogP contribution is 2.51. The van der Waals surface area contributed by atoms with E-state index >= 15 is 0 Å². The Morgan fingerprint density at radius 2 is 1.59 bits per heavy atom. The molecule has 1 aliphatic rings. The molecule has 4 rings (SSSR count). The summed E-state index contributed by atoms with van der Waals surface area (Å²) in [5, 5.41) is 0.733. The summed E-state index contributed by atoms with van der Waals surface area (Å²) < 4.78 is 5.87. The van der Waals surface area contributed by atoms with Crippen LogP contribution in [0.5, 0.6) is 11.5 Å². The second kappa shape index (κ2) is 7.58. The molecule has 0 atom stereocenters. The molecule has 0 aliphatic heterocycles. The molecule has 0 amide bonds. The SMILES string of the molecule is O=C(Cc1cccc(Oc2ccccc2)c1)CC1(c2ccc(Cl)cc2)CC1. The molecule has 1 saturated carbocycles. The highest BCUT2D eigenvalue weighted by molar-refractivity contribution is 6.30. The lowest BCUT2D eigenvalue weighted by molar-refractivity contribution is -0.119. The monoisotopic (exact) mass is 376 g/mol. The van der Waals surface area contributed by atoms with Crippen molar-refractivity contribution in [1.82, 2.24) is 0 Å². The van der Waals surface area contributed by atoms with Gasteiger partial charge in [0.25, 0.3) is 0 Å². The summed E-state index contributed by atoms with van der Waals surface area (Å²) >= 11 is 5.99. The fourth-order valence-electron chi connectivity index (χ4n) is 3.53. The number of ketones is 1. The van der Waals surface area contributed by atoms with E-state index in [1.807, 2.05) is 66.7 Å². The van der Waals surface area contributed by atoms with E-state index in [2.05, 4.69) is 12.1 Å². The quantitative estimate of drug-likeness (QED) is 0.479. The molecular formula is C24H21ClO2. The predicted octanol–water partition coefficient (Wildman–Crippen LogP) is 6.37. The molecule has 2 nitrogen and oxygen atoms in total. The van der Waals surface area contributed by atoms with Gasteiger partial charge in [0.15, 0.2) is 0 Å². The number of carbonyl (C=O) groups excluding carboxylic acids is 1. The Morgan fingerprint density at radius 1 is 0.889 bits per heavy atom. The van der Waals surface area contributed by atoms with Crippen LogP contribution in [0.15, 0.2) is 78.9 Å². The fourth-order valence-corrected chi connectivity index (χ4v) is 3.66. The molecule has 0 N–H and O–H groups in total. The smallest absolute Gasteiger partial charge is 0.138 e. The summed E-state index contributed by atoms with van der Waals surface area (Å²) in [5.74, 6) is 1.81. The van der Waals surface area contributed by atoms with Crippen LogP contribution >= 0.6 is 11.6 Å². The highest BCUT2D eigenvalue weighted by Gasteiger charge is 2.45. The van der Waals surface area contributed by atoms with Crippen molar-refractivity contribution in [2.45, 2.75) is 31.1 Å². The first-order valence-corrected chi connectivity index (χ1v) is 9.60. The number of halogens is 1. The van der Waals surface area contributed by atoms with Crippen molar-refractivity contribution in [1.29, 1.82) is 0 Å². The van der Waals surface area contributed by atoms with Crippen LogP contribution in [0.2, 0.25) is 5.02 Å². The Bertz CT molecular complexity index is 928. The average molecular weight is 377 g/mol. The van der Waals surface area contributed by atoms with E-state index in [-0.39, 0.29) is 11.2 Å². The summed E-state index contributed by atoms with van der Waals surface area (Å²) in [6, 6.07) is 25.4. The molecule has 0 saturated heterocycles. The van der Waals surface area contributed by atoms with Gasteiger partial charge >= 0.3 is 0 Å². The van der Waals surface area contributed by atoms with Crippen LogP contribution in [-0.4, -0.2) is 5.78 Å². The number of ether oxygens (including phenoxy) is 1. The molecule has 0 bridgehead atoms. The first-order valence-electron chi connectivity index (χ1n) is 9.23. The van der Waals surface area contributed by atoms with Crippen LogP contribution in [0.1, 0.15) is 30.4 Å². The van der Waals surface area contributed by atoms with Crippen LogP contribution in [0.25, 0.3) is 0 Å². The lowest BCUT2D eigenvalue weighted by atomic mass is 9.89. The van der Waals surface area contributed by atoms with Gasteiger partial charge in [-0.2, -0.15) is 0 Å².